The molecule has 0 N–H and O–H groups in total. The zero-order valence-electron chi connectivity index (χ0n) is 2.45. The van der Waals surface area contributed by atoms with Crippen LogP contribution in [-0.4, -0.2) is 17.1 Å². The topological polar surface area (TPSA) is 23.8 Å². The van der Waals surface area contributed by atoms with Crippen LogP contribution in [-0.2, 0) is 0 Å². The monoisotopic (exact) mass is 115 g/mol. The van der Waals surface area contributed by atoms with Crippen molar-refractivity contribution in [2.24, 2.45) is 0 Å². The van der Waals surface area contributed by atoms with Gasteiger partial charge in [-0.3, -0.25) is 0 Å². The molecule has 0 fully saturated rings. The number of nitrogens with zero attached hydrogens (tertiary/aromatic N) is 1. The van der Waals surface area contributed by atoms with Crippen molar-refractivity contribution in [1.82, 2.24) is 0 Å². The van der Waals surface area contributed by atoms with Crippen LogP contribution >= 0.6 is 0 Å². The van der Waals surface area contributed by atoms with Crippen LogP contribution in [0.25, 0.3) is 0 Å². The van der Waals surface area contributed by atoms with Crippen molar-refractivity contribution in [3.05, 3.63) is 6.57 Å². The van der Waals surface area contributed by atoms with Crippen molar-refractivity contribution in [3.63, 3.8) is 0 Å². The van der Waals surface area contributed by atoms with Gasteiger partial charge in [0.2, 0.25) is 0 Å². The maximum absolute atomic E-state index is 6.25. The van der Waals surface area contributed by atoms with Crippen LogP contribution in [0.5, 0.6) is 0 Å². The van der Waals surface area contributed by atoms with Crippen LogP contribution in [0.3, 0.4) is 0 Å². The van der Waals surface area contributed by atoms with E-state index in [1.807, 2.05) is 0 Å². The molecule has 0 aromatic carbocycles. The van der Waals surface area contributed by atoms with Gasteiger partial charge in [-0.15, -0.1) is 0 Å². The van der Waals surface area contributed by atoms with Crippen LogP contribution < -0.4 is 18.9 Å². The van der Waals surface area contributed by atoms with Gasteiger partial charge in [-0.2, -0.15) is 0 Å². The summed E-state index contributed by atoms with van der Waals surface area (Å²) in [6.45, 7) is 4.75. The van der Waals surface area contributed by atoms with E-state index in [0.717, 1.165) is 0 Å². The molecule has 0 saturated heterocycles. The molecule has 3 heteroatoms. The summed E-state index contributed by atoms with van der Waals surface area (Å²) in [4.78, 5) is 0. The summed E-state index contributed by atoms with van der Waals surface area (Å²) in [5, 5.41) is 6.25. The van der Waals surface area contributed by atoms with Gasteiger partial charge in [0, 0.05) is 0 Å². The van der Waals surface area contributed by atoms with E-state index in [2.05, 4.69) is 0 Å². The van der Waals surface area contributed by atoms with Crippen LogP contribution in [0.1, 0.15) is 0 Å². The predicted molar refractivity (Wildman–Crippen MR) is 13.5 cm³/mol. The van der Waals surface area contributed by atoms with Gasteiger partial charge >= 0.3 is 35.9 Å². The summed E-state index contributed by atoms with van der Waals surface area (Å²) < 4.78 is 0. The number of hydrogen-bond donors (Lipinski definition) is 0. The summed E-state index contributed by atoms with van der Waals surface area (Å²) in [7, 11) is 0. The van der Waals surface area contributed by atoms with E-state index in [1.165, 1.54) is 0 Å². The van der Waals surface area contributed by atoms with E-state index in [9.17, 15) is 0 Å². The Labute approximate surface area is 48.0 Å². The van der Waals surface area contributed by atoms with Gasteiger partial charge in [0.15, 0.2) is 0 Å². The Hall–Kier alpha value is 0.607. The van der Waals surface area contributed by atoms with Gasteiger partial charge in [0.25, 0.3) is 0 Å². The minimum absolute atomic E-state index is 0. The molecular formula is CH2LiNSe. The second kappa shape index (κ2) is 66.6. The van der Waals surface area contributed by atoms with Crippen molar-refractivity contribution in [3.8, 4) is 0 Å². The van der Waals surface area contributed by atoms with Crippen molar-refractivity contribution in [2.75, 3.05) is 0 Å². The Balaban J connectivity index is -0.00000000500. The zero-order chi connectivity index (χ0) is 2.00. The first kappa shape index (κ1) is 23.2. The first-order valence-corrected chi connectivity index (χ1v) is 0.224. The van der Waals surface area contributed by atoms with Gasteiger partial charge in [-0.05, 0) is 0 Å². The Morgan fingerprint density at radius 1 is 1.25 bits per heavy atom. The maximum atomic E-state index is 6.25. The van der Waals surface area contributed by atoms with E-state index in [4.69, 9.17) is 11.8 Å². The molecule has 0 rings (SSSR count). The van der Waals surface area contributed by atoms with Crippen LogP contribution in [0.4, 0.5) is 0 Å². The molecule has 0 aliphatic carbocycles. The molecule has 0 aromatic heterocycles. The zero-order valence-corrected chi connectivity index (χ0v) is 4.55. The molecule has 0 amide bonds. The van der Waals surface area contributed by atoms with Crippen molar-refractivity contribution >= 4 is 17.1 Å². The van der Waals surface area contributed by atoms with Crippen molar-refractivity contribution in [1.29, 1.82) is 5.26 Å². The second-order valence-corrected chi connectivity index (χ2v) is 0. The Kier molecular flexibility index (Phi) is 386. The van der Waals surface area contributed by atoms with Crippen molar-refractivity contribution in [2.45, 2.75) is 0 Å². The van der Waals surface area contributed by atoms with E-state index in [0.29, 0.717) is 0 Å². The summed E-state index contributed by atoms with van der Waals surface area (Å²) in [6, 6.07) is 0. The molecule has 0 spiro atoms. The van der Waals surface area contributed by atoms with Gasteiger partial charge in [-0.1, -0.05) is 0 Å². The van der Waals surface area contributed by atoms with E-state index < -0.39 is 0 Å². The van der Waals surface area contributed by atoms with Gasteiger partial charge < -0.3 is 11.8 Å². The first-order chi connectivity index (χ1) is 1.00. The Morgan fingerprint density at radius 3 is 1.25 bits per heavy atom. The van der Waals surface area contributed by atoms with Crippen LogP contribution in [0, 0.1) is 11.8 Å². The third kappa shape index (κ3) is 18.3. The molecule has 1 nitrogen and oxygen atoms in total. The normalized spacial score (nSPS) is 0.500. The Bertz CT molecular complexity index is 12.8. The SMILES string of the molecule is [C-]#N.[Li+].[SeH2]. The summed E-state index contributed by atoms with van der Waals surface area (Å²) in [5.74, 6) is 0. The van der Waals surface area contributed by atoms with E-state index in [-0.39, 0.29) is 35.9 Å². The summed E-state index contributed by atoms with van der Waals surface area (Å²) in [5.41, 5.74) is 0. The predicted octanol–water partition coefficient (Wildman–Crippen LogP) is -3.82. The number of rotatable bonds is 0. The molecule has 0 saturated carbocycles. The number of hydrogen-bond acceptors (Lipinski definition) is 1. The fraction of sp³-hybridized carbons (Fsp3) is 0. The third-order valence-electron chi connectivity index (χ3n) is 0. The van der Waals surface area contributed by atoms with Gasteiger partial charge in [0.05, 0.1) is 0 Å². The molecule has 4 heavy (non-hydrogen) atoms. The third-order valence-corrected chi connectivity index (χ3v) is 0. The summed E-state index contributed by atoms with van der Waals surface area (Å²) in [6.07, 6.45) is 0. The Morgan fingerprint density at radius 2 is 1.25 bits per heavy atom. The van der Waals surface area contributed by atoms with Crippen LogP contribution in [0.15, 0.2) is 0 Å². The fourth-order valence-corrected chi connectivity index (χ4v) is 0. The van der Waals surface area contributed by atoms with Gasteiger partial charge in [0.1, 0.15) is 0 Å². The standard InChI is InChI=1S/CN.Li.H2Se/c1-2;;/h;;1H2/q-1;+1;. The molecule has 0 bridgehead atoms. The minimum atomic E-state index is 0. The molecular weight excluding hydrogens is 112 g/mol. The molecule has 0 atom stereocenters. The molecule has 0 radical (unpaired) electrons. The molecule has 0 aromatic rings. The average molecular weight is 114 g/mol. The van der Waals surface area contributed by atoms with Crippen molar-refractivity contribution < 1.29 is 18.9 Å². The molecule has 0 aliphatic heterocycles. The first-order valence-electron chi connectivity index (χ1n) is 0.224. The average Bonchev–Trinajstić information content (AvgIpc) is 1.00. The van der Waals surface area contributed by atoms with Gasteiger partial charge in [-0.25, -0.2) is 0 Å². The van der Waals surface area contributed by atoms with E-state index in [1.54, 1.807) is 0 Å². The van der Waals surface area contributed by atoms with E-state index >= 15 is 0 Å². The molecule has 0 unspecified atom stereocenters. The fourth-order valence-electron chi connectivity index (χ4n) is 0. The quantitative estimate of drug-likeness (QED) is 0.234. The summed E-state index contributed by atoms with van der Waals surface area (Å²) >= 11 is 0. The molecule has 0 aliphatic rings. The molecule has 18 valence electrons. The molecule has 0 heterocycles. The second-order valence-electron chi connectivity index (χ2n) is 0. The van der Waals surface area contributed by atoms with Crippen LogP contribution in [0.2, 0.25) is 0 Å².